The maximum atomic E-state index is 13.3. The van der Waals surface area contributed by atoms with Gasteiger partial charge in [-0.2, -0.15) is 0 Å². The standard InChI is InChI=1S/C14H12FNO4/c1-7-4-9(6-10(15)13(7)19)16-14(20)8-2-3-11(17)12(18)5-8/h2-6,17-19H,1H3,(H,16,20). The Morgan fingerprint density at radius 2 is 1.80 bits per heavy atom. The molecule has 0 aromatic heterocycles. The van der Waals surface area contributed by atoms with Crippen LogP contribution in [0.5, 0.6) is 17.2 Å². The quantitative estimate of drug-likeness (QED) is 0.501. The topological polar surface area (TPSA) is 89.8 Å². The molecule has 0 saturated heterocycles. The monoisotopic (exact) mass is 277 g/mol. The third kappa shape index (κ3) is 2.64. The molecule has 5 nitrogen and oxygen atoms in total. The van der Waals surface area contributed by atoms with E-state index in [0.717, 1.165) is 12.1 Å². The Morgan fingerprint density at radius 3 is 2.40 bits per heavy atom. The summed E-state index contributed by atoms with van der Waals surface area (Å²) in [6, 6.07) is 5.98. The van der Waals surface area contributed by atoms with Gasteiger partial charge in [-0.3, -0.25) is 4.79 Å². The van der Waals surface area contributed by atoms with Crippen LogP contribution in [0.3, 0.4) is 0 Å². The van der Waals surface area contributed by atoms with Crippen LogP contribution in [0.15, 0.2) is 30.3 Å². The fourth-order valence-corrected chi connectivity index (χ4v) is 1.68. The summed E-state index contributed by atoms with van der Waals surface area (Å²) in [5, 5.41) is 30.2. The van der Waals surface area contributed by atoms with Crippen molar-refractivity contribution < 1.29 is 24.5 Å². The second kappa shape index (κ2) is 5.08. The average molecular weight is 277 g/mol. The van der Waals surface area contributed by atoms with E-state index in [2.05, 4.69) is 5.32 Å². The SMILES string of the molecule is Cc1cc(NC(=O)c2ccc(O)c(O)c2)cc(F)c1O. The molecule has 6 heteroatoms. The number of nitrogens with one attached hydrogen (secondary N) is 1. The molecular formula is C14H12FNO4. The van der Waals surface area contributed by atoms with E-state index < -0.39 is 23.2 Å². The van der Waals surface area contributed by atoms with Gasteiger partial charge in [0.15, 0.2) is 23.1 Å². The number of phenolic OH excluding ortho intramolecular Hbond substituents is 3. The normalized spacial score (nSPS) is 10.3. The number of phenols is 3. The minimum Gasteiger partial charge on any atom is -0.505 e. The Balaban J connectivity index is 2.25. The second-order valence-corrected chi connectivity index (χ2v) is 4.28. The molecule has 0 aliphatic carbocycles. The fraction of sp³-hybridized carbons (Fsp3) is 0.0714. The maximum Gasteiger partial charge on any atom is 0.255 e. The molecule has 0 heterocycles. The van der Waals surface area contributed by atoms with Crippen LogP contribution >= 0.6 is 0 Å². The van der Waals surface area contributed by atoms with E-state index in [1.807, 2.05) is 0 Å². The van der Waals surface area contributed by atoms with Crippen molar-refractivity contribution >= 4 is 11.6 Å². The summed E-state index contributed by atoms with van der Waals surface area (Å²) in [5.41, 5.74) is 0.565. The lowest BCUT2D eigenvalue weighted by Gasteiger charge is -2.08. The van der Waals surface area contributed by atoms with Crippen molar-refractivity contribution in [1.82, 2.24) is 0 Å². The van der Waals surface area contributed by atoms with Gasteiger partial charge in [0.2, 0.25) is 0 Å². The number of anilines is 1. The zero-order chi connectivity index (χ0) is 14.9. The molecule has 0 aliphatic heterocycles. The van der Waals surface area contributed by atoms with Crippen LogP contribution in [0.25, 0.3) is 0 Å². The molecule has 0 radical (unpaired) electrons. The maximum absolute atomic E-state index is 13.3. The lowest BCUT2D eigenvalue weighted by Crippen LogP contribution is -2.12. The largest absolute Gasteiger partial charge is 0.505 e. The molecular weight excluding hydrogens is 265 g/mol. The third-order valence-electron chi connectivity index (χ3n) is 2.75. The highest BCUT2D eigenvalue weighted by atomic mass is 19.1. The number of aromatic hydroxyl groups is 3. The summed E-state index contributed by atoms with van der Waals surface area (Å²) in [7, 11) is 0. The highest BCUT2D eigenvalue weighted by Gasteiger charge is 2.12. The van der Waals surface area contributed by atoms with Crippen molar-refractivity contribution in [2.24, 2.45) is 0 Å². The van der Waals surface area contributed by atoms with Crippen LogP contribution in [0.2, 0.25) is 0 Å². The number of aryl methyl sites for hydroxylation is 1. The van der Waals surface area contributed by atoms with Crippen molar-refractivity contribution in [3.63, 3.8) is 0 Å². The van der Waals surface area contributed by atoms with Crippen LogP contribution in [-0.4, -0.2) is 21.2 Å². The molecule has 104 valence electrons. The van der Waals surface area contributed by atoms with Crippen LogP contribution in [0.1, 0.15) is 15.9 Å². The molecule has 20 heavy (non-hydrogen) atoms. The third-order valence-corrected chi connectivity index (χ3v) is 2.75. The first-order valence-electron chi connectivity index (χ1n) is 5.71. The molecule has 0 spiro atoms. The van der Waals surface area contributed by atoms with Gasteiger partial charge >= 0.3 is 0 Å². The van der Waals surface area contributed by atoms with Gasteiger partial charge in [-0.05, 0) is 36.8 Å². The molecule has 0 saturated carbocycles. The van der Waals surface area contributed by atoms with E-state index in [4.69, 9.17) is 5.11 Å². The highest BCUT2D eigenvalue weighted by Crippen LogP contribution is 2.27. The summed E-state index contributed by atoms with van der Waals surface area (Å²) in [5.74, 6) is -2.65. The molecule has 1 amide bonds. The number of halogens is 1. The van der Waals surface area contributed by atoms with Crippen molar-refractivity contribution in [2.45, 2.75) is 6.92 Å². The summed E-state index contributed by atoms with van der Waals surface area (Å²) >= 11 is 0. The van der Waals surface area contributed by atoms with E-state index >= 15 is 0 Å². The Kier molecular flexibility index (Phi) is 3.47. The fourth-order valence-electron chi connectivity index (χ4n) is 1.68. The lowest BCUT2D eigenvalue weighted by atomic mass is 10.1. The number of hydrogen-bond donors (Lipinski definition) is 4. The van der Waals surface area contributed by atoms with Gasteiger partial charge in [0.1, 0.15) is 0 Å². The van der Waals surface area contributed by atoms with Crippen molar-refractivity contribution in [2.75, 3.05) is 5.32 Å². The van der Waals surface area contributed by atoms with E-state index in [-0.39, 0.29) is 22.6 Å². The molecule has 0 atom stereocenters. The zero-order valence-corrected chi connectivity index (χ0v) is 10.5. The number of amides is 1. The van der Waals surface area contributed by atoms with Gasteiger partial charge in [-0.1, -0.05) is 0 Å². The Morgan fingerprint density at radius 1 is 1.10 bits per heavy atom. The molecule has 0 aliphatic rings. The van der Waals surface area contributed by atoms with Gasteiger partial charge in [0.05, 0.1) is 0 Å². The highest BCUT2D eigenvalue weighted by molar-refractivity contribution is 6.04. The predicted molar refractivity (Wildman–Crippen MR) is 70.5 cm³/mol. The van der Waals surface area contributed by atoms with E-state index in [1.54, 1.807) is 0 Å². The lowest BCUT2D eigenvalue weighted by molar-refractivity contribution is 0.102. The van der Waals surface area contributed by atoms with Gasteiger partial charge in [-0.25, -0.2) is 4.39 Å². The van der Waals surface area contributed by atoms with E-state index in [1.165, 1.54) is 25.1 Å². The first-order chi connectivity index (χ1) is 9.38. The Bertz CT molecular complexity index is 662. The molecule has 4 N–H and O–H groups in total. The van der Waals surface area contributed by atoms with E-state index in [9.17, 15) is 19.4 Å². The second-order valence-electron chi connectivity index (χ2n) is 4.28. The summed E-state index contributed by atoms with van der Waals surface area (Å²) in [6.07, 6.45) is 0. The minimum atomic E-state index is -0.839. The first-order valence-corrected chi connectivity index (χ1v) is 5.71. The zero-order valence-electron chi connectivity index (χ0n) is 10.5. The number of rotatable bonds is 2. The average Bonchev–Trinajstić information content (AvgIpc) is 2.39. The van der Waals surface area contributed by atoms with Gasteiger partial charge < -0.3 is 20.6 Å². The van der Waals surface area contributed by atoms with E-state index in [0.29, 0.717) is 0 Å². The van der Waals surface area contributed by atoms with Crippen LogP contribution in [-0.2, 0) is 0 Å². The molecule has 2 rings (SSSR count). The van der Waals surface area contributed by atoms with Crippen molar-refractivity contribution in [3.8, 4) is 17.2 Å². The number of carbonyl (C=O) groups is 1. The molecule has 2 aromatic carbocycles. The van der Waals surface area contributed by atoms with Crippen LogP contribution in [0.4, 0.5) is 10.1 Å². The smallest absolute Gasteiger partial charge is 0.255 e. The predicted octanol–water partition coefficient (Wildman–Crippen LogP) is 2.50. The van der Waals surface area contributed by atoms with Gasteiger partial charge in [0.25, 0.3) is 5.91 Å². The van der Waals surface area contributed by atoms with Crippen molar-refractivity contribution in [3.05, 3.63) is 47.3 Å². The number of carbonyl (C=O) groups excluding carboxylic acids is 1. The van der Waals surface area contributed by atoms with Crippen molar-refractivity contribution in [1.29, 1.82) is 0 Å². The summed E-state index contributed by atoms with van der Waals surface area (Å²) in [4.78, 5) is 11.9. The summed E-state index contributed by atoms with van der Waals surface area (Å²) < 4.78 is 13.3. The van der Waals surface area contributed by atoms with Gasteiger partial charge in [0, 0.05) is 17.3 Å². The van der Waals surface area contributed by atoms with Crippen LogP contribution in [0, 0.1) is 12.7 Å². The molecule has 0 fully saturated rings. The molecule has 0 bridgehead atoms. The number of benzene rings is 2. The Hall–Kier alpha value is -2.76. The number of hydrogen-bond acceptors (Lipinski definition) is 4. The minimum absolute atomic E-state index is 0.103. The summed E-state index contributed by atoms with van der Waals surface area (Å²) in [6.45, 7) is 1.50. The first kappa shape index (κ1) is 13.7. The molecule has 2 aromatic rings. The van der Waals surface area contributed by atoms with Gasteiger partial charge in [-0.15, -0.1) is 0 Å². The Labute approximate surface area is 113 Å². The van der Waals surface area contributed by atoms with Crippen LogP contribution < -0.4 is 5.32 Å². The molecule has 0 unspecified atom stereocenters.